The zero-order chi connectivity index (χ0) is 44.4. The lowest BCUT2D eigenvalue weighted by Gasteiger charge is -2.22. The first-order chi connectivity index (χ1) is 33.0. The average Bonchev–Trinajstić information content (AvgIpc) is 3.98. The molecule has 0 atom stereocenters. The van der Waals surface area contributed by atoms with E-state index in [-0.39, 0.29) is 5.41 Å². The fourth-order valence-electron chi connectivity index (χ4n) is 11.3. The van der Waals surface area contributed by atoms with Crippen molar-refractivity contribution in [1.29, 1.82) is 0 Å². The molecule has 0 unspecified atom stereocenters. The molecule has 0 aliphatic heterocycles. The molecule has 0 saturated heterocycles. The molecule has 1 aliphatic carbocycles. The van der Waals surface area contributed by atoms with Crippen LogP contribution in [0, 0.1) is 0 Å². The Morgan fingerprint density at radius 1 is 0.358 bits per heavy atom. The van der Waals surface area contributed by atoms with Gasteiger partial charge in [-0.1, -0.05) is 172 Å². The Labute approximate surface area is 387 Å². The fraction of sp³-hybridized carbons (Fsp3) is 0.0476. The van der Waals surface area contributed by atoms with E-state index >= 15 is 0 Å². The molecule has 4 heteroatoms. The molecular weight excluding hydrogens is 813 g/mol. The van der Waals surface area contributed by atoms with Gasteiger partial charge in [0.05, 0.1) is 33.3 Å². The number of hydrogen-bond acceptors (Lipinski definition) is 2. The van der Waals surface area contributed by atoms with Crippen LogP contribution in [0.1, 0.15) is 25.0 Å². The molecule has 14 rings (SSSR count). The first-order valence-corrected chi connectivity index (χ1v) is 23.2. The van der Waals surface area contributed by atoms with E-state index in [1.165, 1.54) is 82.3 Å². The maximum Gasteiger partial charge on any atom is 0.235 e. The van der Waals surface area contributed by atoms with Gasteiger partial charge in [-0.25, -0.2) is 9.97 Å². The Hall–Kier alpha value is -8.60. The molecule has 10 aromatic carbocycles. The van der Waals surface area contributed by atoms with E-state index in [4.69, 9.17) is 9.97 Å². The maximum absolute atomic E-state index is 5.56. The highest BCUT2D eigenvalue weighted by molar-refractivity contribution is 6.22. The van der Waals surface area contributed by atoms with Crippen LogP contribution in [0.5, 0.6) is 0 Å². The topological polar surface area (TPSA) is 35.6 Å². The van der Waals surface area contributed by atoms with Crippen molar-refractivity contribution in [3.63, 3.8) is 0 Å². The van der Waals surface area contributed by atoms with Crippen LogP contribution >= 0.6 is 0 Å². The van der Waals surface area contributed by atoms with Crippen molar-refractivity contribution in [3.8, 4) is 56.3 Å². The maximum atomic E-state index is 5.56. The minimum Gasteiger partial charge on any atom is -0.309 e. The number of para-hydroxylation sites is 2. The summed E-state index contributed by atoms with van der Waals surface area (Å²) in [5.74, 6) is 0.658. The summed E-state index contributed by atoms with van der Waals surface area (Å²) < 4.78 is 4.68. The summed E-state index contributed by atoms with van der Waals surface area (Å²) >= 11 is 0. The lowest BCUT2D eigenvalue weighted by atomic mass is 9.82. The van der Waals surface area contributed by atoms with E-state index in [1.807, 2.05) is 0 Å². The third-order valence-electron chi connectivity index (χ3n) is 14.5. The molecule has 67 heavy (non-hydrogen) atoms. The SMILES string of the molecule is CC1(C)c2ccccc2-c2ccc(-c3nc(-n4c5ccc(-c6ccc7c(c6)c6ccccc6n7-c6ccc(-c7ccccc7)cc6)cc5c5c6ccccc6ccc54)nc4ccccc34)cc21. The number of hydrogen-bond donors (Lipinski definition) is 0. The number of nitrogens with zero attached hydrogens (tertiary/aromatic N) is 4. The van der Waals surface area contributed by atoms with Crippen LogP contribution < -0.4 is 0 Å². The van der Waals surface area contributed by atoms with Crippen LogP contribution in [0.2, 0.25) is 0 Å². The molecule has 0 saturated carbocycles. The summed E-state index contributed by atoms with van der Waals surface area (Å²) in [6, 6.07) is 79.5. The van der Waals surface area contributed by atoms with Gasteiger partial charge in [0.1, 0.15) is 0 Å². The predicted molar refractivity (Wildman–Crippen MR) is 280 cm³/mol. The number of rotatable bonds is 5. The van der Waals surface area contributed by atoms with Gasteiger partial charge in [0.2, 0.25) is 5.95 Å². The molecule has 0 fully saturated rings. The summed E-state index contributed by atoms with van der Waals surface area (Å²) in [4.78, 5) is 10.9. The smallest absolute Gasteiger partial charge is 0.235 e. The molecule has 3 aromatic heterocycles. The highest BCUT2D eigenvalue weighted by Crippen LogP contribution is 2.50. The molecule has 4 nitrogen and oxygen atoms in total. The van der Waals surface area contributed by atoms with Crippen molar-refractivity contribution in [2.45, 2.75) is 19.3 Å². The monoisotopic (exact) mass is 854 g/mol. The van der Waals surface area contributed by atoms with E-state index in [9.17, 15) is 0 Å². The molecule has 0 bridgehead atoms. The Balaban J connectivity index is 0.946. The number of fused-ring (bicyclic) bond motifs is 12. The van der Waals surface area contributed by atoms with Gasteiger partial charge in [-0.05, 0) is 116 Å². The standard InChI is InChI=1S/C63H42N4/c1-63(2)53-21-11-8-18-47(53)48-32-26-44(38-54(48)63)61-50-20-9-12-22-55(50)64-62(65-61)67-58-34-29-43(37-52(58)60-46-17-7-6-16-41(46)27-35-59(60)67)42-28-33-57-51(36-42)49-19-10-13-23-56(49)66(57)45-30-24-40(25-31-45)39-14-4-3-5-15-39/h3-38H,1-2H3. The minimum atomic E-state index is -0.129. The van der Waals surface area contributed by atoms with E-state index in [0.717, 1.165) is 44.4 Å². The first-order valence-electron chi connectivity index (χ1n) is 23.2. The van der Waals surface area contributed by atoms with Crippen molar-refractivity contribution in [2.24, 2.45) is 0 Å². The Kier molecular flexibility index (Phi) is 8.00. The second-order valence-electron chi connectivity index (χ2n) is 18.6. The number of benzene rings is 10. The van der Waals surface area contributed by atoms with E-state index < -0.39 is 0 Å². The van der Waals surface area contributed by atoms with Crippen molar-refractivity contribution in [2.75, 3.05) is 0 Å². The molecule has 13 aromatic rings. The minimum absolute atomic E-state index is 0.129. The van der Waals surface area contributed by atoms with Gasteiger partial charge >= 0.3 is 0 Å². The molecule has 0 spiro atoms. The lowest BCUT2D eigenvalue weighted by Crippen LogP contribution is -2.15. The fourth-order valence-corrected chi connectivity index (χ4v) is 11.3. The lowest BCUT2D eigenvalue weighted by molar-refractivity contribution is 0.660. The van der Waals surface area contributed by atoms with Crippen LogP contribution in [0.3, 0.4) is 0 Å². The molecule has 0 N–H and O–H groups in total. The molecular formula is C63H42N4. The van der Waals surface area contributed by atoms with E-state index in [1.54, 1.807) is 0 Å². The Morgan fingerprint density at radius 3 is 1.79 bits per heavy atom. The number of aromatic nitrogens is 4. The van der Waals surface area contributed by atoms with Crippen molar-refractivity contribution in [3.05, 3.63) is 230 Å². The molecule has 314 valence electrons. The Bertz CT molecular complexity index is 4170. The third-order valence-corrected chi connectivity index (χ3v) is 14.5. The Morgan fingerprint density at radius 2 is 0.955 bits per heavy atom. The van der Waals surface area contributed by atoms with Gasteiger partial charge in [-0.15, -0.1) is 0 Å². The van der Waals surface area contributed by atoms with Gasteiger partial charge in [0.15, 0.2) is 0 Å². The average molecular weight is 855 g/mol. The van der Waals surface area contributed by atoms with Gasteiger partial charge < -0.3 is 4.57 Å². The summed E-state index contributed by atoms with van der Waals surface area (Å²) in [7, 11) is 0. The van der Waals surface area contributed by atoms with Gasteiger partial charge in [0.25, 0.3) is 0 Å². The first kappa shape index (κ1) is 37.7. The molecule has 1 aliphatic rings. The second-order valence-corrected chi connectivity index (χ2v) is 18.6. The predicted octanol–water partition coefficient (Wildman–Crippen LogP) is 16.3. The van der Waals surface area contributed by atoms with Gasteiger partial charge in [-0.2, -0.15) is 0 Å². The normalized spacial score (nSPS) is 13.0. The van der Waals surface area contributed by atoms with E-state index in [0.29, 0.717) is 5.95 Å². The van der Waals surface area contributed by atoms with Crippen LogP contribution in [0.15, 0.2) is 218 Å². The molecule has 0 radical (unpaired) electrons. The summed E-state index contributed by atoms with van der Waals surface area (Å²) in [5, 5.41) is 8.27. The quantitative estimate of drug-likeness (QED) is 0.173. The van der Waals surface area contributed by atoms with Crippen molar-refractivity contribution >= 4 is 65.3 Å². The second kappa shape index (κ2) is 14.2. The van der Waals surface area contributed by atoms with Crippen molar-refractivity contribution < 1.29 is 0 Å². The van der Waals surface area contributed by atoms with E-state index in [2.05, 4.69) is 241 Å². The van der Waals surface area contributed by atoms with Gasteiger partial charge in [0, 0.05) is 43.6 Å². The molecule has 3 heterocycles. The highest BCUT2D eigenvalue weighted by atomic mass is 15.2. The van der Waals surface area contributed by atoms with Crippen LogP contribution in [-0.4, -0.2) is 19.1 Å². The van der Waals surface area contributed by atoms with Crippen LogP contribution in [0.4, 0.5) is 0 Å². The van der Waals surface area contributed by atoms with Gasteiger partial charge in [-0.3, -0.25) is 4.57 Å². The summed E-state index contributed by atoms with van der Waals surface area (Å²) in [6.45, 7) is 4.67. The summed E-state index contributed by atoms with van der Waals surface area (Å²) in [6.07, 6.45) is 0. The highest BCUT2D eigenvalue weighted by Gasteiger charge is 2.35. The van der Waals surface area contributed by atoms with Crippen LogP contribution in [0.25, 0.3) is 122 Å². The molecule has 0 amide bonds. The largest absolute Gasteiger partial charge is 0.309 e. The van der Waals surface area contributed by atoms with Crippen LogP contribution in [-0.2, 0) is 5.41 Å². The zero-order valence-corrected chi connectivity index (χ0v) is 37.1. The van der Waals surface area contributed by atoms with Crippen molar-refractivity contribution in [1.82, 2.24) is 19.1 Å². The summed E-state index contributed by atoms with van der Waals surface area (Å²) in [5.41, 5.74) is 18.5. The zero-order valence-electron chi connectivity index (χ0n) is 37.1. The third kappa shape index (κ3) is 5.60.